The van der Waals surface area contributed by atoms with Crippen LogP contribution >= 0.6 is 11.6 Å². The number of anilines is 1. The second kappa shape index (κ2) is 11.8. The second-order valence-corrected chi connectivity index (χ2v) is 8.52. The first-order valence-corrected chi connectivity index (χ1v) is 12.5. The van der Waals surface area contributed by atoms with Gasteiger partial charge in [-0.25, -0.2) is 4.98 Å². The number of rotatable bonds is 10. The molecule has 0 radical (unpaired) electrons. The Hall–Kier alpha value is -3.50. The Morgan fingerprint density at radius 3 is 1.71 bits per heavy atom. The third-order valence-corrected chi connectivity index (χ3v) is 5.98. The van der Waals surface area contributed by atoms with Gasteiger partial charge in [-0.2, -0.15) is 0 Å². The normalized spacial score (nSPS) is 10.7. The summed E-state index contributed by atoms with van der Waals surface area (Å²) in [6.45, 7) is 5.97. The molecular weight excluding hydrogens is 456 g/mol. The maximum Gasteiger partial charge on any atom is 0.128 e. The van der Waals surface area contributed by atoms with E-state index in [1.807, 2.05) is 50.2 Å². The molecule has 35 heavy (non-hydrogen) atoms. The van der Waals surface area contributed by atoms with Gasteiger partial charge >= 0.3 is 0 Å². The van der Waals surface area contributed by atoms with Crippen LogP contribution in [0.25, 0.3) is 33.6 Å². The third kappa shape index (κ3) is 5.77. The van der Waals surface area contributed by atoms with E-state index in [0.717, 1.165) is 57.4 Å². The van der Waals surface area contributed by atoms with Crippen molar-refractivity contribution in [3.8, 4) is 45.1 Å². The highest BCUT2D eigenvalue weighted by Crippen LogP contribution is 2.37. The highest BCUT2D eigenvalue weighted by molar-refractivity contribution is 6.18. The quantitative estimate of drug-likeness (QED) is 0.217. The Morgan fingerprint density at radius 1 is 0.714 bits per heavy atom. The first kappa shape index (κ1) is 24.6. The van der Waals surface area contributed by atoms with E-state index in [1.165, 1.54) is 0 Å². The summed E-state index contributed by atoms with van der Waals surface area (Å²) >= 11 is 5.93. The maximum atomic E-state index is 5.93. The lowest BCUT2D eigenvalue weighted by atomic mass is 9.99. The monoisotopic (exact) mass is 486 g/mol. The lowest BCUT2D eigenvalue weighted by Crippen LogP contribution is -2.19. The van der Waals surface area contributed by atoms with E-state index in [-0.39, 0.29) is 0 Å². The molecule has 0 fully saturated rings. The van der Waals surface area contributed by atoms with Crippen LogP contribution in [0.2, 0.25) is 0 Å². The van der Waals surface area contributed by atoms with Gasteiger partial charge in [-0.15, -0.1) is 11.6 Å². The van der Waals surface area contributed by atoms with Crippen LogP contribution in [-0.4, -0.2) is 37.7 Å². The van der Waals surface area contributed by atoms with Crippen molar-refractivity contribution in [1.82, 2.24) is 4.98 Å². The minimum atomic E-state index is 0.591. The van der Waals surface area contributed by atoms with Crippen molar-refractivity contribution in [1.29, 1.82) is 0 Å². The van der Waals surface area contributed by atoms with Crippen LogP contribution in [0, 0.1) is 0 Å². The fourth-order valence-electron chi connectivity index (χ4n) is 4.06. The number of alkyl halides is 1. The fraction of sp³-hybridized carbons (Fsp3) is 0.233. The molecule has 4 nitrogen and oxygen atoms in total. The van der Waals surface area contributed by atoms with E-state index in [2.05, 4.69) is 60.5 Å². The zero-order valence-electron chi connectivity index (χ0n) is 20.5. The van der Waals surface area contributed by atoms with E-state index < -0.39 is 0 Å². The van der Waals surface area contributed by atoms with Crippen molar-refractivity contribution in [3.63, 3.8) is 0 Å². The molecule has 180 valence electrons. The number of aromatic nitrogens is 1. The van der Waals surface area contributed by atoms with Crippen LogP contribution in [0.15, 0.2) is 84.9 Å². The number of nitrogens with zero attached hydrogens (tertiary/aromatic N) is 2. The van der Waals surface area contributed by atoms with Gasteiger partial charge in [-0.05, 0) is 73.5 Å². The standard InChI is InChI=1S/C30H31ClN2O2/c1-4-34-29-12-8-6-10-25(29)27-20-23(22-14-16-24(17-15-22)33(3)19-18-31)21-28(32-27)26-11-7-9-13-30(26)35-5-2/h6-17,20-21H,4-5,18-19H2,1-3H3. The molecule has 1 aromatic heterocycles. The Bertz CT molecular complexity index is 1190. The van der Waals surface area contributed by atoms with Gasteiger partial charge in [0.1, 0.15) is 11.5 Å². The van der Waals surface area contributed by atoms with Gasteiger partial charge in [0, 0.05) is 36.3 Å². The van der Waals surface area contributed by atoms with Gasteiger partial charge in [-0.3, -0.25) is 0 Å². The third-order valence-electron chi connectivity index (χ3n) is 5.81. The average molecular weight is 487 g/mol. The van der Waals surface area contributed by atoms with Gasteiger partial charge in [0.15, 0.2) is 0 Å². The number of pyridine rings is 1. The molecule has 0 bridgehead atoms. The highest BCUT2D eigenvalue weighted by atomic mass is 35.5. The van der Waals surface area contributed by atoms with Crippen molar-refractivity contribution in [3.05, 3.63) is 84.9 Å². The van der Waals surface area contributed by atoms with Crippen molar-refractivity contribution in [2.45, 2.75) is 13.8 Å². The Labute approximate surface area is 213 Å². The lowest BCUT2D eigenvalue weighted by molar-refractivity contribution is 0.341. The van der Waals surface area contributed by atoms with Gasteiger partial charge in [0.2, 0.25) is 0 Å². The average Bonchev–Trinajstić information content (AvgIpc) is 2.90. The maximum absolute atomic E-state index is 5.93. The zero-order chi connectivity index (χ0) is 24.6. The topological polar surface area (TPSA) is 34.6 Å². The molecule has 0 saturated carbocycles. The van der Waals surface area contributed by atoms with Crippen LogP contribution in [0.5, 0.6) is 11.5 Å². The predicted molar refractivity (Wildman–Crippen MR) is 147 cm³/mol. The number of hydrogen-bond acceptors (Lipinski definition) is 4. The molecule has 0 N–H and O–H groups in total. The molecule has 0 aliphatic heterocycles. The predicted octanol–water partition coefficient (Wildman–Crippen LogP) is 7.56. The molecule has 0 amide bonds. The number of hydrogen-bond donors (Lipinski definition) is 0. The number of halogens is 1. The SMILES string of the molecule is CCOc1ccccc1-c1cc(-c2ccc(N(C)CCCl)cc2)cc(-c2ccccc2OCC)n1. The summed E-state index contributed by atoms with van der Waals surface area (Å²) in [6.07, 6.45) is 0. The van der Waals surface area contributed by atoms with Gasteiger partial charge in [0.05, 0.1) is 24.6 Å². The first-order valence-electron chi connectivity index (χ1n) is 12.0. The Morgan fingerprint density at radius 2 is 1.23 bits per heavy atom. The first-order chi connectivity index (χ1) is 17.1. The molecule has 3 aromatic carbocycles. The molecule has 0 saturated heterocycles. The van der Waals surface area contributed by atoms with Gasteiger partial charge in [0.25, 0.3) is 0 Å². The Balaban J connectivity index is 1.86. The fourth-order valence-corrected chi connectivity index (χ4v) is 4.31. The van der Waals surface area contributed by atoms with Crippen LogP contribution in [0.4, 0.5) is 5.69 Å². The molecule has 0 aliphatic rings. The van der Waals surface area contributed by atoms with Gasteiger partial charge in [-0.1, -0.05) is 36.4 Å². The summed E-state index contributed by atoms with van der Waals surface area (Å²) < 4.78 is 11.9. The second-order valence-electron chi connectivity index (χ2n) is 8.14. The molecule has 0 atom stereocenters. The molecule has 0 spiro atoms. The molecule has 4 aromatic rings. The van der Waals surface area contributed by atoms with Crippen LogP contribution in [-0.2, 0) is 0 Å². The summed E-state index contributed by atoms with van der Waals surface area (Å²) in [6, 6.07) is 28.9. The smallest absolute Gasteiger partial charge is 0.128 e. The van der Waals surface area contributed by atoms with E-state index >= 15 is 0 Å². The number of benzene rings is 3. The van der Waals surface area contributed by atoms with Crippen molar-refractivity contribution in [2.75, 3.05) is 37.6 Å². The molecule has 0 aliphatic carbocycles. The largest absolute Gasteiger partial charge is 0.493 e. The molecule has 4 rings (SSSR count). The van der Waals surface area contributed by atoms with Crippen LogP contribution < -0.4 is 14.4 Å². The molecular formula is C30H31ClN2O2. The summed E-state index contributed by atoms with van der Waals surface area (Å²) in [7, 11) is 2.05. The van der Waals surface area contributed by atoms with Crippen molar-refractivity contribution >= 4 is 17.3 Å². The summed E-state index contributed by atoms with van der Waals surface area (Å²) in [5.41, 5.74) is 6.96. The highest BCUT2D eigenvalue weighted by Gasteiger charge is 2.15. The van der Waals surface area contributed by atoms with E-state index in [9.17, 15) is 0 Å². The minimum absolute atomic E-state index is 0.591. The molecule has 0 unspecified atom stereocenters. The summed E-state index contributed by atoms with van der Waals surface area (Å²) in [5, 5.41) is 0. The molecule has 1 heterocycles. The number of ether oxygens (including phenoxy) is 2. The summed E-state index contributed by atoms with van der Waals surface area (Å²) in [5.74, 6) is 2.23. The van der Waals surface area contributed by atoms with Gasteiger partial charge < -0.3 is 14.4 Å². The van der Waals surface area contributed by atoms with E-state index in [4.69, 9.17) is 26.1 Å². The lowest BCUT2D eigenvalue weighted by Gasteiger charge is -2.18. The minimum Gasteiger partial charge on any atom is -0.493 e. The van der Waals surface area contributed by atoms with E-state index in [1.54, 1.807) is 0 Å². The van der Waals surface area contributed by atoms with E-state index in [0.29, 0.717) is 19.1 Å². The van der Waals surface area contributed by atoms with Crippen LogP contribution in [0.3, 0.4) is 0 Å². The zero-order valence-corrected chi connectivity index (χ0v) is 21.3. The molecule has 5 heteroatoms. The van der Waals surface area contributed by atoms with Crippen LogP contribution in [0.1, 0.15) is 13.8 Å². The summed E-state index contributed by atoms with van der Waals surface area (Å²) in [4.78, 5) is 7.22. The van der Waals surface area contributed by atoms with Crippen molar-refractivity contribution < 1.29 is 9.47 Å². The Kier molecular flexibility index (Phi) is 8.27. The van der Waals surface area contributed by atoms with Crippen molar-refractivity contribution in [2.24, 2.45) is 0 Å². The number of para-hydroxylation sites is 2.